The first-order valence-corrected chi connectivity index (χ1v) is 7.91. The number of sulfonamides is 1. The molecule has 0 aromatic heterocycles. The molecule has 5 nitrogen and oxygen atoms in total. The smallest absolute Gasteiger partial charge is 0.314 e. The lowest BCUT2D eigenvalue weighted by atomic mass is 10.3. The number of hydrogen-bond donors (Lipinski definition) is 2. The Morgan fingerprint density at radius 2 is 1.84 bits per heavy atom. The Hall–Kier alpha value is -0.380. The van der Waals surface area contributed by atoms with Crippen LogP contribution < -0.4 is 10.0 Å². The topological polar surface area (TPSA) is 61.4 Å². The van der Waals surface area contributed by atoms with Gasteiger partial charge in [0, 0.05) is 45.7 Å². The first kappa shape index (κ1) is 16.7. The van der Waals surface area contributed by atoms with E-state index in [1.807, 2.05) is 0 Å². The number of halogens is 3. The molecular weight excluding hydrogens is 283 g/mol. The Labute approximate surface area is 111 Å². The molecule has 0 bridgehead atoms. The van der Waals surface area contributed by atoms with Crippen molar-refractivity contribution in [1.82, 2.24) is 14.9 Å². The van der Waals surface area contributed by atoms with Gasteiger partial charge in [0.15, 0.2) is 0 Å². The number of piperazine rings is 1. The molecular formula is C10H20F3N3O2S. The van der Waals surface area contributed by atoms with Crippen LogP contribution in [0.2, 0.25) is 0 Å². The van der Waals surface area contributed by atoms with Crippen LogP contribution in [0.5, 0.6) is 0 Å². The molecule has 114 valence electrons. The van der Waals surface area contributed by atoms with E-state index in [-0.39, 0.29) is 6.54 Å². The third-order valence-electron chi connectivity index (χ3n) is 2.83. The molecule has 1 heterocycles. The Balaban J connectivity index is 2.15. The van der Waals surface area contributed by atoms with Gasteiger partial charge in [-0.2, -0.15) is 13.2 Å². The fraction of sp³-hybridized carbons (Fsp3) is 1.00. The van der Waals surface area contributed by atoms with Gasteiger partial charge < -0.3 is 5.32 Å². The van der Waals surface area contributed by atoms with Crippen molar-refractivity contribution in [2.45, 2.75) is 19.0 Å². The third kappa shape index (κ3) is 8.40. The molecule has 1 aliphatic heterocycles. The monoisotopic (exact) mass is 303 g/mol. The van der Waals surface area contributed by atoms with Gasteiger partial charge in [0.05, 0.1) is 5.75 Å². The van der Waals surface area contributed by atoms with E-state index in [4.69, 9.17) is 0 Å². The van der Waals surface area contributed by atoms with Gasteiger partial charge in [0.25, 0.3) is 0 Å². The highest BCUT2D eigenvalue weighted by atomic mass is 32.2. The summed E-state index contributed by atoms with van der Waals surface area (Å²) in [5.41, 5.74) is 0. The number of alkyl halides is 3. The van der Waals surface area contributed by atoms with E-state index in [1.165, 1.54) is 0 Å². The van der Waals surface area contributed by atoms with Crippen molar-refractivity contribution in [1.29, 1.82) is 0 Å². The van der Waals surface area contributed by atoms with E-state index in [2.05, 4.69) is 14.9 Å². The van der Waals surface area contributed by atoms with Crippen molar-refractivity contribution in [2.24, 2.45) is 0 Å². The SMILES string of the molecule is O=S(=O)(CCCC(F)(F)F)NCCN1CCNCC1. The summed E-state index contributed by atoms with van der Waals surface area (Å²) >= 11 is 0. The molecule has 0 aliphatic carbocycles. The average Bonchev–Trinajstić information content (AvgIpc) is 2.28. The molecule has 0 atom stereocenters. The summed E-state index contributed by atoms with van der Waals surface area (Å²) < 4.78 is 60.9. The molecule has 1 fully saturated rings. The molecule has 1 rings (SSSR count). The Morgan fingerprint density at radius 1 is 1.21 bits per heavy atom. The minimum absolute atomic E-state index is 0.244. The second-order valence-corrected chi connectivity index (χ2v) is 6.45. The van der Waals surface area contributed by atoms with Crippen molar-refractivity contribution >= 4 is 10.0 Å². The van der Waals surface area contributed by atoms with Crippen LogP contribution in [0.4, 0.5) is 13.2 Å². The number of nitrogens with zero attached hydrogens (tertiary/aromatic N) is 1. The highest BCUT2D eigenvalue weighted by molar-refractivity contribution is 7.89. The lowest BCUT2D eigenvalue weighted by Gasteiger charge is -2.27. The van der Waals surface area contributed by atoms with E-state index in [0.29, 0.717) is 6.54 Å². The second-order valence-electron chi connectivity index (χ2n) is 4.52. The zero-order valence-corrected chi connectivity index (χ0v) is 11.5. The van der Waals surface area contributed by atoms with Crippen LogP contribution in [-0.4, -0.2) is 64.5 Å². The first-order chi connectivity index (χ1) is 8.79. The molecule has 19 heavy (non-hydrogen) atoms. The summed E-state index contributed by atoms with van der Waals surface area (Å²) in [6.07, 6.45) is -5.76. The predicted molar refractivity (Wildman–Crippen MR) is 66.4 cm³/mol. The molecule has 0 amide bonds. The van der Waals surface area contributed by atoms with Crippen molar-refractivity contribution in [2.75, 3.05) is 45.0 Å². The van der Waals surface area contributed by atoms with E-state index < -0.39 is 34.8 Å². The van der Waals surface area contributed by atoms with Crippen LogP contribution in [-0.2, 0) is 10.0 Å². The number of hydrogen-bond acceptors (Lipinski definition) is 4. The molecule has 0 unspecified atom stereocenters. The van der Waals surface area contributed by atoms with Crippen molar-refractivity contribution < 1.29 is 21.6 Å². The van der Waals surface area contributed by atoms with Crippen LogP contribution in [0.3, 0.4) is 0 Å². The van der Waals surface area contributed by atoms with Gasteiger partial charge in [0.2, 0.25) is 10.0 Å². The molecule has 2 N–H and O–H groups in total. The fourth-order valence-electron chi connectivity index (χ4n) is 1.83. The van der Waals surface area contributed by atoms with Crippen LogP contribution >= 0.6 is 0 Å². The van der Waals surface area contributed by atoms with Gasteiger partial charge in [-0.1, -0.05) is 0 Å². The second kappa shape index (κ2) is 7.41. The summed E-state index contributed by atoms with van der Waals surface area (Å²) in [6, 6.07) is 0. The standard InChI is InChI=1S/C10H20F3N3O2S/c11-10(12,13)2-1-9-19(17,18)15-5-8-16-6-3-14-4-7-16/h14-15H,1-9H2. The van der Waals surface area contributed by atoms with Crippen LogP contribution in [0.25, 0.3) is 0 Å². The third-order valence-corrected chi connectivity index (χ3v) is 4.30. The maximum Gasteiger partial charge on any atom is 0.389 e. The van der Waals surface area contributed by atoms with Crippen LogP contribution in [0, 0.1) is 0 Å². The predicted octanol–water partition coefficient (Wildman–Crippen LogP) is 0.154. The zero-order valence-electron chi connectivity index (χ0n) is 10.7. The molecule has 9 heteroatoms. The van der Waals surface area contributed by atoms with Crippen LogP contribution in [0.1, 0.15) is 12.8 Å². The zero-order chi connectivity index (χ0) is 14.4. The minimum Gasteiger partial charge on any atom is -0.314 e. The quantitative estimate of drug-likeness (QED) is 0.703. The lowest BCUT2D eigenvalue weighted by Crippen LogP contribution is -2.46. The van der Waals surface area contributed by atoms with Gasteiger partial charge in [-0.15, -0.1) is 0 Å². The normalized spacial score (nSPS) is 18.7. The van der Waals surface area contributed by atoms with E-state index >= 15 is 0 Å². The molecule has 1 aliphatic rings. The largest absolute Gasteiger partial charge is 0.389 e. The van der Waals surface area contributed by atoms with Gasteiger partial charge in [0.1, 0.15) is 0 Å². The maximum atomic E-state index is 11.9. The van der Waals surface area contributed by atoms with E-state index in [1.54, 1.807) is 0 Å². The Morgan fingerprint density at radius 3 is 2.42 bits per heavy atom. The molecule has 0 spiro atoms. The molecule has 0 saturated carbocycles. The summed E-state index contributed by atoms with van der Waals surface area (Å²) in [4.78, 5) is 2.11. The van der Waals surface area contributed by atoms with Gasteiger partial charge in [-0.05, 0) is 6.42 Å². The van der Waals surface area contributed by atoms with Gasteiger partial charge >= 0.3 is 6.18 Å². The Kier molecular flexibility index (Phi) is 6.51. The maximum absolute atomic E-state index is 11.9. The van der Waals surface area contributed by atoms with Crippen LogP contribution in [0.15, 0.2) is 0 Å². The molecule has 0 aromatic rings. The highest BCUT2D eigenvalue weighted by Crippen LogP contribution is 2.21. The number of rotatable bonds is 7. The summed E-state index contributed by atoms with van der Waals surface area (Å²) in [5, 5.41) is 3.18. The average molecular weight is 303 g/mol. The molecule has 1 saturated heterocycles. The fourth-order valence-corrected chi connectivity index (χ4v) is 2.90. The van der Waals surface area contributed by atoms with Crippen molar-refractivity contribution in [3.05, 3.63) is 0 Å². The molecule has 0 radical (unpaired) electrons. The Bertz CT molecular complexity index is 354. The van der Waals surface area contributed by atoms with Gasteiger partial charge in [-0.3, -0.25) is 4.90 Å². The molecule has 0 aromatic carbocycles. The first-order valence-electron chi connectivity index (χ1n) is 6.26. The summed E-state index contributed by atoms with van der Waals surface area (Å²) in [7, 11) is -3.60. The highest BCUT2D eigenvalue weighted by Gasteiger charge is 2.27. The minimum atomic E-state index is -4.30. The summed E-state index contributed by atoms with van der Waals surface area (Å²) in [6.45, 7) is 4.29. The summed E-state index contributed by atoms with van der Waals surface area (Å²) in [5.74, 6) is -0.478. The van der Waals surface area contributed by atoms with E-state index in [9.17, 15) is 21.6 Å². The van der Waals surface area contributed by atoms with Gasteiger partial charge in [-0.25, -0.2) is 13.1 Å². The van der Waals surface area contributed by atoms with Crippen molar-refractivity contribution in [3.8, 4) is 0 Å². The van der Waals surface area contributed by atoms with E-state index in [0.717, 1.165) is 26.2 Å². The number of nitrogens with one attached hydrogen (secondary N) is 2. The lowest BCUT2D eigenvalue weighted by molar-refractivity contribution is -0.134. The van der Waals surface area contributed by atoms with Crippen molar-refractivity contribution in [3.63, 3.8) is 0 Å².